The first kappa shape index (κ1) is 18.3. The smallest absolute Gasteiger partial charge is 0.255 e. The van der Waals surface area contributed by atoms with Gasteiger partial charge in [0.05, 0.1) is 22.1 Å². The van der Waals surface area contributed by atoms with Gasteiger partial charge in [0.25, 0.3) is 5.91 Å². The molecule has 0 spiro atoms. The fraction of sp³-hybridized carbons (Fsp3) is 0.300. The molecule has 0 aliphatic heterocycles. The van der Waals surface area contributed by atoms with Crippen LogP contribution in [0.1, 0.15) is 50.9 Å². The predicted octanol–water partition coefficient (Wildman–Crippen LogP) is 4.28. The standard InChI is InChI=1S/C20H19ClN6OS/c1-10-11(2)29-20(27-9-22-25-26-27)16(10)19(28)23-15-8-4-6-13-12-5-3-7-14(21)17(12)24-18(13)15/h3,5,7,9,15,24H,4,6,8H2,1-2H3,(H,23,28). The molecule has 7 nitrogen and oxygen atoms in total. The van der Waals surface area contributed by atoms with Crippen molar-refractivity contribution in [2.45, 2.75) is 39.2 Å². The summed E-state index contributed by atoms with van der Waals surface area (Å²) in [6, 6.07) is 5.85. The Kier molecular flexibility index (Phi) is 4.40. The van der Waals surface area contributed by atoms with E-state index in [1.54, 1.807) is 4.68 Å². The first-order chi connectivity index (χ1) is 14.0. The molecule has 5 rings (SSSR count). The highest BCUT2D eigenvalue weighted by Crippen LogP contribution is 2.38. The van der Waals surface area contributed by atoms with Crippen molar-refractivity contribution in [3.8, 4) is 5.00 Å². The number of tetrazole rings is 1. The Morgan fingerprint density at radius 3 is 3.03 bits per heavy atom. The van der Waals surface area contributed by atoms with Crippen molar-refractivity contribution in [3.63, 3.8) is 0 Å². The van der Waals surface area contributed by atoms with Crippen LogP contribution in [0.2, 0.25) is 5.02 Å². The van der Waals surface area contributed by atoms with Crippen molar-refractivity contribution in [1.82, 2.24) is 30.5 Å². The van der Waals surface area contributed by atoms with Crippen LogP contribution in [0.15, 0.2) is 24.5 Å². The van der Waals surface area contributed by atoms with E-state index in [9.17, 15) is 4.79 Å². The van der Waals surface area contributed by atoms with E-state index in [2.05, 4.69) is 31.9 Å². The molecule has 0 saturated carbocycles. The van der Waals surface area contributed by atoms with Crippen LogP contribution in [-0.4, -0.2) is 31.1 Å². The molecular weight excluding hydrogens is 408 g/mol. The highest BCUT2D eigenvalue weighted by Gasteiger charge is 2.29. The molecule has 1 amide bonds. The van der Waals surface area contributed by atoms with Gasteiger partial charge in [-0.25, -0.2) is 0 Å². The van der Waals surface area contributed by atoms with Crippen LogP contribution in [0, 0.1) is 13.8 Å². The molecule has 29 heavy (non-hydrogen) atoms. The molecule has 0 saturated heterocycles. The van der Waals surface area contributed by atoms with Crippen LogP contribution in [0.3, 0.4) is 0 Å². The number of hydrogen-bond donors (Lipinski definition) is 2. The van der Waals surface area contributed by atoms with Crippen LogP contribution in [0.5, 0.6) is 0 Å². The monoisotopic (exact) mass is 426 g/mol. The van der Waals surface area contributed by atoms with Gasteiger partial charge in [0.2, 0.25) is 0 Å². The molecule has 2 N–H and O–H groups in total. The minimum absolute atomic E-state index is 0.0870. The van der Waals surface area contributed by atoms with E-state index in [4.69, 9.17) is 11.6 Å². The summed E-state index contributed by atoms with van der Waals surface area (Å²) in [5.74, 6) is -0.111. The second-order valence-corrected chi connectivity index (χ2v) is 8.93. The van der Waals surface area contributed by atoms with Crippen molar-refractivity contribution in [2.75, 3.05) is 0 Å². The summed E-state index contributed by atoms with van der Waals surface area (Å²) in [4.78, 5) is 17.9. The van der Waals surface area contributed by atoms with Crippen LogP contribution >= 0.6 is 22.9 Å². The molecular formula is C20H19ClN6OS. The number of fused-ring (bicyclic) bond motifs is 3. The normalized spacial score (nSPS) is 16.2. The third kappa shape index (κ3) is 2.94. The number of carbonyl (C=O) groups is 1. The lowest BCUT2D eigenvalue weighted by molar-refractivity contribution is 0.0931. The fourth-order valence-corrected chi connectivity index (χ4v) is 5.41. The lowest BCUT2D eigenvalue weighted by Crippen LogP contribution is -2.31. The van der Waals surface area contributed by atoms with Crippen molar-refractivity contribution in [2.24, 2.45) is 0 Å². The average molecular weight is 427 g/mol. The van der Waals surface area contributed by atoms with Crippen LogP contribution in [0.25, 0.3) is 15.9 Å². The van der Waals surface area contributed by atoms with Crippen molar-refractivity contribution < 1.29 is 4.79 Å². The number of nitrogens with one attached hydrogen (secondary N) is 2. The van der Waals surface area contributed by atoms with E-state index in [-0.39, 0.29) is 11.9 Å². The zero-order chi connectivity index (χ0) is 20.1. The number of rotatable bonds is 3. The van der Waals surface area contributed by atoms with E-state index in [1.165, 1.54) is 23.2 Å². The number of para-hydroxylation sites is 1. The number of thiophene rings is 1. The van der Waals surface area contributed by atoms with Gasteiger partial charge in [0.15, 0.2) is 0 Å². The first-order valence-corrected chi connectivity index (χ1v) is 10.7. The van der Waals surface area contributed by atoms with Gasteiger partial charge in [-0.1, -0.05) is 23.7 Å². The Labute approximate surface area is 176 Å². The molecule has 1 atom stereocenters. The molecule has 3 aromatic heterocycles. The summed E-state index contributed by atoms with van der Waals surface area (Å²) in [6.07, 6.45) is 4.39. The van der Waals surface area contributed by atoms with Crippen LogP contribution in [-0.2, 0) is 6.42 Å². The Morgan fingerprint density at radius 2 is 2.24 bits per heavy atom. The molecule has 1 aliphatic carbocycles. The third-order valence-corrected chi connectivity index (χ3v) is 7.16. The number of hydrogen-bond acceptors (Lipinski definition) is 5. The molecule has 0 bridgehead atoms. The maximum atomic E-state index is 13.3. The maximum absolute atomic E-state index is 13.3. The summed E-state index contributed by atoms with van der Waals surface area (Å²) in [5, 5.41) is 17.2. The second-order valence-electron chi connectivity index (χ2n) is 7.32. The van der Waals surface area contributed by atoms with Crippen molar-refractivity contribution in [1.29, 1.82) is 0 Å². The van der Waals surface area contributed by atoms with Gasteiger partial charge in [-0.3, -0.25) is 4.79 Å². The minimum Gasteiger partial charge on any atom is -0.355 e. The number of aromatic nitrogens is 5. The quantitative estimate of drug-likeness (QED) is 0.511. The molecule has 148 valence electrons. The highest BCUT2D eigenvalue weighted by molar-refractivity contribution is 7.15. The van der Waals surface area contributed by atoms with E-state index in [0.717, 1.165) is 51.3 Å². The lowest BCUT2D eigenvalue weighted by atomic mass is 9.91. The predicted molar refractivity (Wildman–Crippen MR) is 113 cm³/mol. The van der Waals surface area contributed by atoms with Gasteiger partial charge in [-0.15, -0.1) is 16.4 Å². The van der Waals surface area contributed by atoms with Crippen molar-refractivity contribution in [3.05, 3.63) is 56.8 Å². The van der Waals surface area contributed by atoms with Gasteiger partial charge >= 0.3 is 0 Å². The van der Waals surface area contributed by atoms with Gasteiger partial charge in [-0.05, 0) is 60.7 Å². The van der Waals surface area contributed by atoms with Gasteiger partial charge in [0.1, 0.15) is 11.3 Å². The lowest BCUT2D eigenvalue weighted by Gasteiger charge is -2.24. The Morgan fingerprint density at radius 1 is 1.38 bits per heavy atom. The SMILES string of the molecule is Cc1sc(-n2cnnn2)c(C(=O)NC2CCCc3c2[nH]c2c(Cl)cccc32)c1C. The summed E-state index contributed by atoms with van der Waals surface area (Å²) in [7, 11) is 0. The average Bonchev–Trinajstić information content (AvgIpc) is 3.42. The van der Waals surface area contributed by atoms with Gasteiger partial charge in [0, 0.05) is 16.0 Å². The number of amides is 1. The molecule has 1 aromatic carbocycles. The van der Waals surface area contributed by atoms with E-state index >= 15 is 0 Å². The Bertz CT molecular complexity index is 1230. The molecule has 0 fully saturated rings. The number of aryl methyl sites for hydroxylation is 2. The molecule has 1 aliphatic rings. The van der Waals surface area contributed by atoms with Crippen LogP contribution < -0.4 is 5.32 Å². The molecule has 3 heterocycles. The topological polar surface area (TPSA) is 88.5 Å². The number of nitrogens with zero attached hydrogens (tertiary/aromatic N) is 4. The third-order valence-electron chi connectivity index (χ3n) is 5.65. The van der Waals surface area contributed by atoms with Crippen LogP contribution in [0.4, 0.5) is 0 Å². The van der Waals surface area contributed by atoms with E-state index < -0.39 is 0 Å². The Balaban J connectivity index is 1.52. The molecule has 1 unspecified atom stereocenters. The summed E-state index contributed by atoms with van der Waals surface area (Å²) < 4.78 is 1.55. The molecule has 0 radical (unpaired) electrons. The molecule has 4 aromatic rings. The zero-order valence-corrected chi connectivity index (χ0v) is 17.6. The van der Waals surface area contributed by atoms with E-state index in [0.29, 0.717) is 10.6 Å². The number of benzene rings is 1. The number of carbonyl (C=O) groups excluding carboxylic acids is 1. The van der Waals surface area contributed by atoms with Gasteiger partial charge < -0.3 is 10.3 Å². The highest BCUT2D eigenvalue weighted by atomic mass is 35.5. The number of H-pyrrole nitrogens is 1. The summed E-state index contributed by atoms with van der Waals surface area (Å²) in [6.45, 7) is 3.96. The Hall–Kier alpha value is -2.71. The summed E-state index contributed by atoms with van der Waals surface area (Å²) >= 11 is 7.90. The minimum atomic E-state index is -0.111. The van der Waals surface area contributed by atoms with Gasteiger partial charge in [-0.2, -0.15) is 4.68 Å². The fourth-order valence-electron chi connectivity index (χ4n) is 4.12. The first-order valence-electron chi connectivity index (χ1n) is 9.47. The number of halogens is 1. The largest absolute Gasteiger partial charge is 0.355 e. The second kappa shape index (κ2) is 6.96. The number of aromatic amines is 1. The summed E-state index contributed by atoms with van der Waals surface area (Å²) in [5.41, 5.74) is 4.83. The zero-order valence-electron chi connectivity index (χ0n) is 16.0. The molecule has 9 heteroatoms. The van der Waals surface area contributed by atoms with Crippen molar-refractivity contribution >= 4 is 39.7 Å². The maximum Gasteiger partial charge on any atom is 0.255 e. The van der Waals surface area contributed by atoms with E-state index in [1.807, 2.05) is 26.0 Å².